The van der Waals surface area contributed by atoms with Gasteiger partial charge in [0.25, 0.3) is 0 Å². The topological polar surface area (TPSA) is 92.0 Å². The van der Waals surface area contributed by atoms with E-state index in [0.717, 1.165) is 11.2 Å². The molecule has 84 valence electrons. The molecule has 0 unspecified atom stereocenters. The first-order valence-corrected chi connectivity index (χ1v) is 5.05. The maximum absolute atomic E-state index is 11.1. The van der Waals surface area contributed by atoms with Crippen LogP contribution in [0.25, 0.3) is 11.0 Å². The van der Waals surface area contributed by atoms with E-state index in [4.69, 9.17) is 10.8 Å². The summed E-state index contributed by atoms with van der Waals surface area (Å²) in [5, 5.41) is 9.06. The summed E-state index contributed by atoms with van der Waals surface area (Å²) in [6.45, 7) is 2.28. The fraction of sp³-hybridized carbons (Fsp3) is 0.273. The zero-order valence-electron chi connectivity index (χ0n) is 8.95. The van der Waals surface area contributed by atoms with Gasteiger partial charge in [-0.25, -0.2) is 4.79 Å². The highest BCUT2D eigenvalue weighted by Gasteiger charge is 2.17. The number of hydrogen-bond donors (Lipinski definition) is 3. The minimum absolute atomic E-state index is 0.193. The molecule has 0 aromatic carbocycles. The smallest absolute Gasteiger partial charge is 0.352 e. The van der Waals surface area contributed by atoms with Gasteiger partial charge in [-0.3, -0.25) is 4.98 Å². The maximum Gasteiger partial charge on any atom is 0.352 e. The SMILES string of the molecule is Cc1ccc2[nH]c(C(=O)O)c(CCN)c2n1. The number of rotatable bonds is 3. The van der Waals surface area contributed by atoms with Crippen LogP contribution >= 0.6 is 0 Å². The van der Waals surface area contributed by atoms with Crippen molar-refractivity contribution in [1.29, 1.82) is 0 Å². The lowest BCUT2D eigenvalue weighted by Gasteiger charge is -1.98. The number of H-pyrrole nitrogens is 1. The summed E-state index contributed by atoms with van der Waals surface area (Å²) in [6.07, 6.45) is 0.512. The molecule has 5 nitrogen and oxygen atoms in total. The van der Waals surface area contributed by atoms with Crippen molar-refractivity contribution in [2.75, 3.05) is 6.54 Å². The van der Waals surface area contributed by atoms with Crippen LogP contribution in [0, 0.1) is 6.92 Å². The normalized spacial score (nSPS) is 10.9. The Balaban J connectivity index is 2.71. The third kappa shape index (κ3) is 1.65. The Bertz CT molecular complexity index is 545. The Kier molecular flexibility index (Phi) is 2.62. The summed E-state index contributed by atoms with van der Waals surface area (Å²) in [5.41, 5.74) is 8.68. The minimum Gasteiger partial charge on any atom is -0.477 e. The van der Waals surface area contributed by atoms with Crippen LogP contribution in [0.5, 0.6) is 0 Å². The quantitative estimate of drug-likeness (QED) is 0.720. The second kappa shape index (κ2) is 3.94. The molecule has 0 saturated carbocycles. The molecule has 0 fully saturated rings. The minimum atomic E-state index is -0.973. The van der Waals surface area contributed by atoms with Crippen molar-refractivity contribution < 1.29 is 9.90 Å². The first-order chi connectivity index (χ1) is 7.63. The van der Waals surface area contributed by atoms with E-state index in [1.165, 1.54) is 0 Å². The van der Waals surface area contributed by atoms with E-state index in [0.29, 0.717) is 24.0 Å². The second-order valence-electron chi connectivity index (χ2n) is 3.67. The highest BCUT2D eigenvalue weighted by molar-refractivity contribution is 5.95. The number of carbonyl (C=O) groups is 1. The molecule has 0 radical (unpaired) electrons. The Morgan fingerprint density at radius 3 is 2.94 bits per heavy atom. The molecule has 4 N–H and O–H groups in total. The summed E-state index contributed by atoms with van der Waals surface area (Å²) < 4.78 is 0. The van der Waals surface area contributed by atoms with E-state index in [-0.39, 0.29) is 5.69 Å². The van der Waals surface area contributed by atoms with Gasteiger partial charge in [0.1, 0.15) is 5.69 Å². The Hall–Kier alpha value is -1.88. The number of pyridine rings is 1. The van der Waals surface area contributed by atoms with E-state index in [9.17, 15) is 4.79 Å². The number of nitrogens with two attached hydrogens (primary N) is 1. The predicted octanol–water partition coefficient (Wildman–Crippen LogP) is 1.07. The van der Waals surface area contributed by atoms with Crippen molar-refractivity contribution in [2.45, 2.75) is 13.3 Å². The fourth-order valence-electron chi connectivity index (χ4n) is 1.79. The lowest BCUT2D eigenvalue weighted by Crippen LogP contribution is -2.07. The molecule has 0 amide bonds. The lowest BCUT2D eigenvalue weighted by molar-refractivity contribution is 0.0690. The summed E-state index contributed by atoms with van der Waals surface area (Å²) in [4.78, 5) is 18.3. The molecular formula is C11H13N3O2. The van der Waals surface area contributed by atoms with Gasteiger partial charge in [0, 0.05) is 11.3 Å². The Labute approximate surface area is 92.3 Å². The Morgan fingerprint density at radius 2 is 2.31 bits per heavy atom. The van der Waals surface area contributed by atoms with Gasteiger partial charge in [0.2, 0.25) is 0 Å². The van der Waals surface area contributed by atoms with Crippen LogP contribution in [-0.4, -0.2) is 27.6 Å². The average molecular weight is 219 g/mol. The lowest BCUT2D eigenvalue weighted by atomic mass is 10.1. The van der Waals surface area contributed by atoms with Crippen LogP contribution in [0.2, 0.25) is 0 Å². The van der Waals surface area contributed by atoms with Crippen molar-refractivity contribution in [3.05, 3.63) is 29.1 Å². The molecular weight excluding hydrogens is 206 g/mol. The van der Waals surface area contributed by atoms with Gasteiger partial charge >= 0.3 is 5.97 Å². The second-order valence-corrected chi connectivity index (χ2v) is 3.67. The van der Waals surface area contributed by atoms with Crippen molar-refractivity contribution in [1.82, 2.24) is 9.97 Å². The third-order valence-corrected chi connectivity index (χ3v) is 2.49. The molecule has 0 spiro atoms. The monoisotopic (exact) mass is 219 g/mol. The molecule has 16 heavy (non-hydrogen) atoms. The van der Waals surface area contributed by atoms with E-state index < -0.39 is 5.97 Å². The highest BCUT2D eigenvalue weighted by atomic mass is 16.4. The highest BCUT2D eigenvalue weighted by Crippen LogP contribution is 2.21. The number of aromatic carboxylic acids is 1. The Morgan fingerprint density at radius 1 is 1.56 bits per heavy atom. The van der Waals surface area contributed by atoms with Crippen molar-refractivity contribution in [3.8, 4) is 0 Å². The van der Waals surface area contributed by atoms with Gasteiger partial charge in [-0.1, -0.05) is 0 Å². The number of carboxylic acid groups (broad SMARTS) is 1. The number of nitrogens with zero attached hydrogens (tertiary/aromatic N) is 1. The van der Waals surface area contributed by atoms with Crippen LogP contribution in [0.4, 0.5) is 0 Å². The molecule has 0 aliphatic heterocycles. The van der Waals surface area contributed by atoms with Crippen LogP contribution in [0.3, 0.4) is 0 Å². The van der Waals surface area contributed by atoms with Gasteiger partial charge < -0.3 is 15.8 Å². The van der Waals surface area contributed by atoms with E-state index in [1.807, 2.05) is 19.1 Å². The molecule has 2 aromatic rings. The van der Waals surface area contributed by atoms with Crippen LogP contribution in [0.1, 0.15) is 21.7 Å². The van der Waals surface area contributed by atoms with E-state index >= 15 is 0 Å². The number of aromatic nitrogens is 2. The molecule has 0 bridgehead atoms. The molecule has 0 saturated heterocycles. The van der Waals surface area contributed by atoms with Crippen molar-refractivity contribution >= 4 is 17.0 Å². The molecule has 0 aliphatic carbocycles. The van der Waals surface area contributed by atoms with Crippen molar-refractivity contribution in [3.63, 3.8) is 0 Å². The van der Waals surface area contributed by atoms with Crippen molar-refractivity contribution in [2.24, 2.45) is 5.73 Å². The summed E-state index contributed by atoms with van der Waals surface area (Å²) in [7, 11) is 0. The zero-order valence-corrected chi connectivity index (χ0v) is 8.95. The third-order valence-electron chi connectivity index (χ3n) is 2.49. The van der Waals surface area contributed by atoms with Gasteiger partial charge in [-0.05, 0) is 32.0 Å². The molecule has 0 aliphatic rings. The maximum atomic E-state index is 11.1. The standard InChI is InChI=1S/C11H13N3O2/c1-6-2-3-8-9(13-6)7(4-5-12)10(14-8)11(15)16/h2-3,14H,4-5,12H2,1H3,(H,15,16). The van der Waals surface area contributed by atoms with Gasteiger partial charge in [0.15, 0.2) is 0 Å². The van der Waals surface area contributed by atoms with E-state index in [1.54, 1.807) is 0 Å². The largest absolute Gasteiger partial charge is 0.477 e. The predicted molar refractivity (Wildman–Crippen MR) is 60.5 cm³/mol. The van der Waals surface area contributed by atoms with E-state index in [2.05, 4.69) is 9.97 Å². The average Bonchev–Trinajstić information content (AvgIpc) is 2.58. The number of aryl methyl sites for hydroxylation is 1. The number of carboxylic acids is 1. The zero-order chi connectivity index (χ0) is 11.7. The first-order valence-electron chi connectivity index (χ1n) is 5.05. The molecule has 2 heterocycles. The van der Waals surface area contributed by atoms with Gasteiger partial charge in [-0.15, -0.1) is 0 Å². The number of aromatic amines is 1. The molecule has 5 heteroatoms. The van der Waals surface area contributed by atoms with Gasteiger partial charge in [0.05, 0.1) is 11.0 Å². The number of nitrogens with one attached hydrogen (secondary N) is 1. The number of hydrogen-bond acceptors (Lipinski definition) is 3. The molecule has 0 atom stereocenters. The van der Waals surface area contributed by atoms with Crippen LogP contribution < -0.4 is 5.73 Å². The summed E-state index contributed by atoms with van der Waals surface area (Å²) in [5.74, 6) is -0.973. The summed E-state index contributed by atoms with van der Waals surface area (Å²) >= 11 is 0. The molecule has 2 aromatic heterocycles. The first kappa shape index (κ1) is 10.6. The fourth-order valence-corrected chi connectivity index (χ4v) is 1.79. The summed E-state index contributed by atoms with van der Waals surface area (Å²) in [6, 6.07) is 3.68. The van der Waals surface area contributed by atoms with Gasteiger partial charge in [-0.2, -0.15) is 0 Å². The number of fused-ring (bicyclic) bond motifs is 1. The molecule has 2 rings (SSSR count). The van der Waals surface area contributed by atoms with Crippen LogP contribution in [-0.2, 0) is 6.42 Å². The van der Waals surface area contributed by atoms with Crippen LogP contribution in [0.15, 0.2) is 12.1 Å².